The quantitative estimate of drug-likeness (QED) is 0.740. The number of carbonyl (C=O) groups excluding carboxylic acids is 1. The first-order valence-corrected chi connectivity index (χ1v) is 8.92. The van der Waals surface area contributed by atoms with E-state index in [1.807, 2.05) is 0 Å². The van der Waals surface area contributed by atoms with Crippen LogP contribution in [-0.2, 0) is 10.0 Å². The standard InChI is InChI=1S/C15H12N2O4S2/c18-15(13-6-2-8-21-13)16-11-4-1-5-12(10-11)17-23(19,20)14-7-3-9-22-14/h1-10,17H,(H,16,18). The minimum Gasteiger partial charge on any atom is -0.459 e. The van der Waals surface area contributed by atoms with Crippen LogP contribution in [0.25, 0.3) is 0 Å². The molecule has 3 aromatic rings. The van der Waals surface area contributed by atoms with E-state index in [-0.39, 0.29) is 9.97 Å². The van der Waals surface area contributed by atoms with E-state index in [4.69, 9.17) is 4.42 Å². The van der Waals surface area contributed by atoms with Gasteiger partial charge >= 0.3 is 0 Å². The number of hydrogen-bond acceptors (Lipinski definition) is 5. The van der Waals surface area contributed by atoms with Crippen LogP contribution < -0.4 is 10.0 Å². The molecule has 23 heavy (non-hydrogen) atoms. The monoisotopic (exact) mass is 348 g/mol. The van der Waals surface area contributed by atoms with Crippen LogP contribution in [0.3, 0.4) is 0 Å². The molecule has 0 bridgehead atoms. The first-order chi connectivity index (χ1) is 11.0. The highest BCUT2D eigenvalue weighted by Gasteiger charge is 2.15. The van der Waals surface area contributed by atoms with E-state index < -0.39 is 15.9 Å². The van der Waals surface area contributed by atoms with Gasteiger partial charge in [0, 0.05) is 5.69 Å². The summed E-state index contributed by atoms with van der Waals surface area (Å²) in [6.45, 7) is 0. The van der Waals surface area contributed by atoms with Crippen molar-refractivity contribution in [1.82, 2.24) is 0 Å². The SMILES string of the molecule is O=C(Nc1cccc(NS(=O)(=O)c2cccs2)c1)c1ccco1. The Labute approximate surface area is 136 Å². The number of rotatable bonds is 5. The topological polar surface area (TPSA) is 88.4 Å². The van der Waals surface area contributed by atoms with Gasteiger partial charge in [0.1, 0.15) is 4.21 Å². The number of carbonyl (C=O) groups is 1. The van der Waals surface area contributed by atoms with E-state index in [1.165, 1.54) is 18.4 Å². The summed E-state index contributed by atoms with van der Waals surface area (Å²) in [6.07, 6.45) is 1.40. The van der Waals surface area contributed by atoms with Gasteiger partial charge in [-0.3, -0.25) is 9.52 Å². The Morgan fingerprint density at radius 1 is 1.04 bits per heavy atom. The van der Waals surface area contributed by atoms with Crippen LogP contribution in [0.2, 0.25) is 0 Å². The molecule has 2 N–H and O–H groups in total. The summed E-state index contributed by atoms with van der Waals surface area (Å²) < 4.78 is 32.1. The molecule has 0 aliphatic rings. The van der Waals surface area contributed by atoms with Crippen LogP contribution in [0.1, 0.15) is 10.6 Å². The lowest BCUT2D eigenvalue weighted by Crippen LogP contribution is -2.13. The number of amides is 1. The Morgan fingerprint density at radius 2 is 1.87 bits per heavy atom. The molecular formula is C15H12N2O4S2. The van der Waals surface area contributed by atoms with Gasteiger partial charge in [0.25, 0.3) is 15.9 Å². The van der Waals surface area contributed by atoms with Crippen molar-refractivity contribution in [2.24, 2.45) is 0 Å². The van der Waals surface area contributed by atoms with E-state index in [2.05, 4.69) is 10.0 Å². The lowest BCUT2D eigenvalue weighted by molar-refractivity contribution is 0.0996. The van der Waals surface area contributed by atoms with Gasteiger partial charge < -0.3 is 9.73 Å². The summed E-state index contributed by atoms with van der Waals surface area (Å²) in [6, 6.07) is 12.8. The van der Waals surface area contributed by atoms with Gasteiger partial charge in [0.2, 0.25) is 0 Å². The van der Waals surface area contributed by atoms with Gasteiger partial charge in [-0.05, 0) is 41.8 Å². The first kappa shape index (κ1) is 15.3. The molecule has 0 aliphatic heterocycles. The maximum atomic E-state index is 12.2. The Bertz CT molecular complexity index is 901. The molecule has 1 aromatic carbocycles. The zero-order valence-corrected chi connectivity index (χ0v) is 13.4. The zero-order valence-electron chi connectivity index (χ0n) is 11.7. The van der Waals surface area contributed by atoms with Crippen molar-refractivity contribution in [3.63, 3.8) is 0 Å². The van der Waals surface area contributed by atoms with Gasteiger partial charge in [-0.15, -0.1) is 11.3 Å². The van der Waals surface area contributed by atoms with Gasteiger partial charge in [-0.2, -0.15) is 0 Å². The predicted octanol–water partition coefficient (Wildman–Crippen LogP) is 3.39. The third-order valence-corrected chi connectivity index (χ3v) is 5.66. The van der Waals surface area contributed by atoms with Crippen LogP contribution in [0.15, 0.2) is 68.8 Å². The number of benzene rings is 1. The highest BCUT2D eigenvalue weighted by molar-refractivity contribution is 7.94. The molecule has 0 saturated carbocycles. The molecule has 118 valence electrons. The predicted molar refractivity (Wildman–Crippen MR) is 88.2 cm³/mol. The molecule has 1 amide bonds. The molecule has 0 fully saturated rings. The van der Waals surface area contributed by atoms with Crippen molar-refractivity contribution >= 4 is 38.6 Å². The lowest BCUT2D eigenvalue weighted by Gasteiger charge is -2.08. The largest absolute Gasteiger partial charge is 0.459 e. The number of thiophene rings is 1. The third kappa shape index (κ3) is 3.61. The van der Waals surface area contributed by atoms with E-state index in [9.17, 15) is 13.2 Å². The molecule has 0 saturated heterocycles. The van der Waals surface area contributed by atoms with Crippen LogP contribution in [0.5, 0.6) is 0 Å². The van der Waals surface area contributed by atoms with Crippen molar-refractivity contribution in [3.8, 4) is 0 Å². The molecule has 0 spiro atoms. The molecule has 0 atom stereocenters. The van der Waals surface area contributed by atoms with E-state index in [0.29, 0.717) is 11.4 Å². The lowest BCUT2D eigenvalue weighted by atomic mass is 10.3. The van der Waals surface area contributed by atoms with Crippen molar-refractivity contribution in [1.29, 1.82) is 0 Å². The highest BCUT2D eigenvalue weighted by Crippen LogP contribution is 2.22. The van der Waals surface area contributed by atoms with Gasteiger partial charge in [0.05, 0.1) is 12.0 Å². The number of hydrogen-bond donors (Lipinski definition) is 2. The summed E-state index contributed by atoms with van der Waals surface area (Å²) in [5, 5.41) is 4.33. The number of sulfonamides is 1. The summed E-state index contributed by atoms with van der Waals surface area (Å²) in [5.74, 6) is -0.233. The fraction of sp³-hybridized carbons (Fsp3) is 0. The average molecular weight is 348 g/mol. The smallest absolute Gasteiger partial charge is 0.291 e. The number of nitrogens with one attached hydrogen (secondary N) is 2. The second-order valence-electron chi connectivity index (χ2n) is 4.55. The zero-order chi connectivity index (χ0) is 16.3. The van der Waals surface area contributed by atoms with Crippen molar-refractivity contribution < 1.29 is 17.6 Å². The highest BCUT2D eigenvalue weighted by atomic mass is 32.2. The van der Waals surface area contributed by atoms with Crippen LogP contribution >= 0.6 is 11.3 Å². The summed E-state index contributed by atoms with van der Waals surface area (Å²) in [7, 11) is -3.62. The molecular weight excluding hydrogens is 336 g/mol. The Morgan fingerprint density at radius 3 is 2.57 bits per heavy atom. The minimum absolute atomic E-state index is 0.176. The normalized spacial score (nSPS) is 11.1. The second-order valence-corrected chi connectivity index (χ2v) is 7.41. The maximum absolute atomic E-state index is 12.2. The van der Waals surface area contributed by atoms with E-state index >= 15 is 0 Å². The third-order valence-electron chi connectivity index (χ3n) is 2.88. The fourth-order valence-electron chi connectivity index (χ4n) is 1.88. The molecule has 6 nitrogen and oxygen atoms in total. The second kappa shape index (κ2) is 6.27. The Kier molecular flexibility index (Phi) is 4.18. The maximum Gasteiger partial charge on any atom is 0.291 e. The fourth-order valence-corrected chi connectivity index (χ4v) is 3.93. The van der Waals surface area contributed by atoms with Crippen LogP contribution in [-0.4, -0.2) is 14.3 Å². The first-order valence-electron chi connectivity index (χ1n) is 6.56. The molecule has 0 unspecified atom stereocenters. The Hall–Kier alpha value is -2.58. The average Bonchev–Trinajstić information content (AvgIpc) is 3.21. The number of anilines is 2. The number of furan rings is 1. The molecule has 3 rings (SSSR count). The molecule has 2 aromatic heterocycles. The van der Waals surface area contributed by atoms with E-state index in [1.54, 1.807) is 41.8 Å². The van der Waals surface area contributed by atoms with Gasteiger partial charge in [-0.25, -0.2) is 8.42 Å². The van der Waals surface area contributed by atoms with Crippen molar-refractivity contribution in [3.05, 3.63) is 65.9 Å². The van der Waals surface area contributed by atoms with E-state index in [0.717, 1.165) is 11.3 Å². The van der Waals surface area contributed by atoms with Crippen molar-refractivity contribution in [2.75, 3.05) is 10.0 Å². The molecule has 8 heteroatoms. The summed E-state index contributed by atoms with van der Waals surface area (Å²) in [5.41, 5.74) is 0.813. The molecule has 0 aliphatic carbocycles. The summed E-state index contributed by atoms with van der Waals surface area (Å²) >= 11 is 1.13. The minimum atomic E-state index is -3.62. The Balaban J connectivity index is 1.77. The van der Waals surface area contributed by atoms with Gasteiger partial charge in [-0.1, -0.05) is 12.1 Å². The van der Waals surface area contributed by atoms with Crippen LogP contribution in [0.4, 0.5) is 11.4 Å². The van der Waals surface area contributed by atoms with Crippen LogP contribution in [0, 0.1) is 0 Å². The van der Waals surface area contributed by atoms with Gasteiger partial charge in [0.15, 0.2) is 5.76 Å². The van der Waals surface area contributed by atoms with Crippen molar-refractivity contribution in [2.45, 2.75) is 4.21 Å². The molecule has 2 heterocycles. The molecule has 0 radical (unpaired) electrons. The summed E-state index contributed by atoms with van der Waals surface area (Å²) in [4.78, 5) is 11.9.